The number of hydrogen-bond donors (Lipinski definition) is 1. The molecule has 3 rings (SSSR count). The average Bonchev–Trinajstić information content (AvgIpc) is 2.97. The number of anilines is 1. The van der Waals surface area contributed by atoms with Gasteiger partial charge in [-0.25, -0.2) is 8.42 Å². The number of ether oxygens (including phenoxy) is 1. The molecule has 0 radical (unpaired) electrons. The molecule has 0 aliphatic rings. The van der Waals surface area contributed by atoms with Crippen LogP contribution in [0.25, 0.3) is 0 Å². The van der Waals surface area contributed by atoms with Gasteiger partial charge in [-0.05, 0) is 93.6 Å². The summed E-state index contributed by atoms with van der Waals surface area (Å²) >= 11 is 0. The molecule has 8 nitrogen and oxygen atoms in total. The van der Waals surface area contributed by atoms with Crippen LogP contribution in [0.5, 0.6) is 5.75 Å². The molecule has 0 bridgehead atoms. The maximum atomic E-state index is 14.2. The van der Waals surface area contributed by atoms with E-state index < -0.39 is 28.5 Å². The SMILES string of the molecule is CC[C@@H](C)NC(=O)[C@H](CC)N(Cc1ccc(OC)cc1)C(=O)CN(c1ccc(C)c(C)c1)S(=O)(=O)c1ccc(C)cc1. The minimum atomic E-state index is -4.12. The molecule has 0 aliphatic heterocycles. The van der Waals surface area contributed by atoms with E-state index in [-0.39, 0.29) is 23.4 Å². The van der Waals surface area contributed by atoms with Crippen molar-refractivity contribution in [3.05, 3.63) is 89.0 Å². The van der Waals surface area contributed by atoms with Crippen molar-refractivity contribution in [3.63, 3.8) is 0 Å². The number of carbonyl (C=O) groups excluding carboxylic acids is 2. The van der Waals surface area contributed by atoms with Crippen molar-refractivity contribution in [1.29, 1.82) is 0 Å². The first-order valence-electron chi connectivity index (χ1n) is 14.3. The first kappa shape index (κ1) is 32.7. The minimum Gasteiger partial charge on any atom is -0.497 e. The number of nitrogens with zero attached hydrogens (tertiary/aromatic N) is 2. The van der Waals surface area contributed by atoms with E-state index in [1.807, 2.05) is 59.7 Å². The first-order valence-corrected chi connectivity index (χ1v) is 15.7. The van der Waals surface area contributed by atoms with Crippen molar-refractivity contribution >= 4 is 27.5 Å². The van der Waals surface area contributed by atoms with E-state index in [2.05, 4.69) is 5.32 Å². The van der Waals surface area contributed by atoms with Gasteiger partial charge in [0.1, 0.15) is 18.3 Å². The van der Waals surface area contributed by atoms with Crippen LogP contribution in [0.1, 0.15) is 55.9 Å². The number of nitrogens with one attached hydrogen (secondary N) is 1. The molecule has 3 aromatic carbocycles. The van der Waals surface area contributed by atoms with Gasteiger partial charge in [0.05, 0.1) is 17.7 Å². The van der Waals surface area contributed by atoms with Crippen molar-refractivity contribution in [2.75, 3.05) is 18.0 Å². The molecule has 42 heavy (non-hydrogen) atoms. The van der Waals surface area contributed by atoms with Gasteiger partial charge in [-0.15, -0.1) is 0 Å². The highest BCUT2D eigenvalue weighted by Gasteiger charge is 2.34. The topological polar surface area (TPSA) is 96.0 Å². The lowest BCUT2D eigenvalue weighted by molar-refractivity contribution is -0.140. The monoisotopic (exact) mass is 593 g/mol. The number of aryl methyl sites for hydroxylation is 3. The molecule has 0 aromatic heterocycles. The number of methoxy groups -OCH3 is 1. The fourth-order valence-corrected chi connectivity index (χ4v) is 5.94. The van der Waals surface area contributed by atoms with Crippen molar-refractivity contribution in [2.45, 2.75) is 77.9 Å². The van der Waals surface area contributed by atoms with Gasteiger partial charge < -0.3 is 15.0 Å². The van der Waals surface area contributed by atoms with Crippen LogP contribution in [-0.2, 0) is 26.2 Å². The lowest BCUT2D eigenvalue weighted by Crippen LogP contribution is -2.53. The molecule has 0 spiro atoms. The fourth-order valence-electron chi connectivity index (χ4n) is 4.54. The number of amides is 2. The zero-order valence-electron chi connectivity index (χ0n) is 25.7. The summed E-state index contributed by atoms with van der Waals surface area (Å²) in [6, 6.07) is 18.3. The predicted molar refractivity (Wildman–Crippen MR) is 167 cm³/mol. The number of rotatable bonds is 13. The van der Waals surface area contributed by atoms with Crippen molar-refractivity contribution in [3.8, 4) is 5.75 Å². The predicted octanol–water partition coefficient (Wildman–Crippen LogP) is 5.54. The first-order chi connectivity index (χ1) is 19.9. The molecular formula is C33H43N3O5S. The van der Waals surface area contributed by atoms with Gasteiger partial charge in [0.15, 0.2) is 0 Å². The molecule has 2 amide bonds. The van der Waals surface area contributed by atoms with Crippen LogP contribution in [-0.4, -0.2) is 50.9 Å². The van der Waals surface area contributed by atoms with Gasteiger partial charge in [0.2, 0.25) is 11.8 Å². The third-order valence-corrected chi connectivity index (χ3v) is 9.35. The summed E-state index contributed by atoms with van der Waals surface area (Å²) in [4.78, 5) is 29.2. The largest absolute Gasteiger partial charge is 0.497 e. The van der Waals surface area contributed by atoms with E-state index in [0.29, 0.717) is 17.9 Å². The van der Waals surface area contributed by atoms with Crippen LogP contribution in [0.3, 0.4) is 0 Å². The molecule has 3 aromatic rings. The van der Waals surface area contributed by atoms with E-state index >= 15 is 0 Å². The Hall–Kier alpha value is -3.85. The molecule has 0 saturated carbocycles. The minimum absolute atomic E-state index is 0.0709. The third kappa shape index (κ3) is 7.91. The molecular weight excluding hydrogens is 550 g/mol. The average molecular weight is 594 g/mol. The highest BCUT2D eigenvalue weighted by molar-refractivity contribution is 7.92. The summed E-state index contributed by atoms with van der Waals surface area (Å²) in [6.07, 6.45) is 1.10. The maximum absolute atomic E-state index is 14.2. The van der Waals surface area contributed by atoms with Gasteiger partial charge in [0.25, 0.3) is 10.0 Å². The van der Waals surface area contributed by atoms with E-state index in [4.69, 9.17) is 4.74 Å². The van der Waals surface area contributed by atoms with Crippen molar-refractivity contribution in [1.82, 2.24) is 10.2 Å². The van der Waals surface area contributed by atoms with Gasteiger partial charge in [-0.2, -0.15) is 0 Å². The van der Waals surface area contributed by atoms with Crippen LogP contribution < -0.4 is 14.4 Å². The summed E-state index contributed by atoms with van der Waals surface area (Å²) in [6.45, 7) is 11.1. The number of carbonyl (C=O) groups is 2. The second kappa shape index (κ2) is 14.4. The lowest BCUT2D eigenvalue weighted by atomic mass is 10.1. The Balaban J connectivity index is 2.08. The Morgan fingerprint density at radius 2 is 1.52 bits per heavy atom. The van der Waals surface area contributed by atoms with E-state index in [1.165, 1.54) is 4.90 Å². The molecule has 0 heterocycles. The summed E-state index contributed by atoms with van der Waals surface area (Å²) in [7, 11) is -2.54. The summed E-state index contributed by atoms with van der Waals surface area (Å²) < 4.78 is 34.5. The van der Waals surface area contributed by atoms with Crippen molar-refractivity contribution in [2.24, 2.45) is 0 Å². The molecule has 2 atom stereocenters. The summed E-state index contributed by atoms with van der Waals surface area (Å²) in [5, 5.41) is 3.00. The van der Waals surface area contributed by atoms with Gasteiger partial charge >= 0.3 is 0 Å². The second-order valence-corrected chi connectivity index (χ2v) is 12.6. The number of hydrogen-bond acceptors (Lipinski definition) is 5. The van der Waals surface area contributed by atoms with E-state index in [9.17, 15) is 18.0 Å². The normalized spacial score (nSPS) is 12.7. The Kier molecular flexibility index (Phi) is 11.2. The molecule has 0 fully saturated rings. The standard InChI is InChI=1S/C33H43N3O5S/c1-8-26(6)34-33(38)31(9-2)35(21-27-13-16-29(41-7)17-14-27)32(37)22-36(28-15-12-24(4)25(5)20-28)42(39,40)30-18-10-23(3)11-19-30/h10-20,26,31H,8-9,21-22H2,1-7H3,(H,34,38)/t26-,31+/m1/s1. The van der Waals surface area contributed by atoms with Crippen LogP contribution in [0.4, 0.5) is 5.69 Å². The van der Waals surface area contributed by atoms with Crippen molar-refractivity contribution < 1.29 is 22.7 Å². The highest BCUT2D eigenvalue weighted by atomic mass is 32.2. The molecule has 0 unspecified atom stereocenters. The lowest BCUT2D eigenvalue weighted by Gasteiger charge is -2.34. The van der Waals surface area contributed by atoms with E-state index in [0.717, 1.165) is 33.0 Å². The summed E-state index contributed by atoms with van der Waals surface area (Å²) in [5.74, 6) is -0.0815. The molecule has 0 aliphatic carbocycles. The molecule has 1 N–H and O–H groups in total. The maximum Gasteiger partial charge on any atom is 0.264 e. The Labute approximate surface area is 250 Å². The molecule has 0 saturated heterocycles. The van der Waals surface area contributed by atoms with Crippen LogP contribution in [0.15, 0.2) is 71.6 Å². The molecule has 226 valence electrons. The highest BCUT2D eigenvalue weighted by Crippen LogP contribution is 2.27. The quantitative estimate of drug-likeness (QED) is 0.281. The van der Waals surface area contributed by atoms with Crippen LogP contribution >= 0.6 is 0 Å². The third-order valence-electron chi connectivity index (χ3n) is 7.57. The second-order valence-electron chi connectivity index (χ2n) is 10.7. The summed E-state index contributed by atoms with van der Waals surface area (Å²) in [5.41, 5.74) is 4.00. The Morgan fingerprint density at radius 3 is 2.07 bits per heavy atom. The number of benzene rings is 3. The van der Waals surface area contributed by atoms with Gasteiger partial charge in [-0.1, -0.05) is 49.7 Å². The van der Waals surface area contributed by atoms with Crippen LogP contribution in [0.2, 0.25) is 0 Å². The Bertz CT molecular complexity index is 1470. The Morgan fingerprint density at radius 1 is 0.881 bits per heavy atom. The van der Waals surface area contributed by atoms with Crippen LogP contribution in [0, 0.1) is 20.8 Å². The molecule has 9 heteroatoms. The fraction of sp³-hybridized carbons (Fsp3) is 0.394. The van der Waals surface area contributed by atoms with Gasteiger partial charge in [-0.3, -0.25) is 13.9 Å². The van der Waals surface area contributed by atoms with E-state index in [1.54, 1.807) is 55.6 Å². The number of sulfonamides is 1. The van der Waals surface area contributed by atoms with Gasteiger partial charge in [0, 0.05) is 12.6 Å². The smallest absolute Gasteiger partial charge is 0.264 e. The zero-order chi connectivity index (χ0) is 31.0. The zero-order valence-corrected chi connectivity index (χ0v) is 26.5.